The Kier molecular flexibility index (Phi) is 5.63. The van der Waals surface area contributed by atoms with E-state index >= 15 is 0 Å². The Hall–Kier alpha value is -4.15. The van der Waals surface area contributed by atoms with Crippen LogP contribution in [0, 0.1) is 13.8 Å². The van der Waals surface area contributed by atoms with E-state index in [0.717, 1.165) is 11.8 Å². The lowest BCUT2D eigenvalue weighted by atomic mass is 10.2. The van der Waals surface area contributed by atoms with Crippen molar-refractivity contribution in [1.82, 2.24) is 29.7 Å². The van der Waals surface area contributed by atoms with Gasteiger partial charge in [-0.05, 0) is 38.1 Å². The first-order valence-corrected chi connectivity index (χ1v) is 9.47. The van der Waals surface area contributed by atoms with Gasteiger partial charge in [0, 0.05) is 24.0 Å². The maximum Gasteiger partial charge on any atom is 0.433 e. The number of aromatic nitrogens is 6. The summed E-state index contributed by atoms with van der Waals surface area (Å²) in [7, 11) is 0. The molecule has 0 spiro atoms. The number of rotatable bonds is 5. The third kappa shape index (κ3) is 4.46. The number of nitrogens with one attached hydrogen (secondary N) is 1. The predicted molar refractivity (Wildman–Crippen MR) is 112 cm³/mol. The third-order valence-corrected chi connectivity index (χ3v) is 4.50. The van der Waals surface area contributed by atoms with E-state index in [9.17, 15) is 13.2 Å². The summed E-state index contributed by atoms with van der Waals surface area (Å²) in [6.45, 7) is 3.65. The molecule has 0 atom stereocenters. The van der Waals surface area contributed by atoms with Crippen LogP contribution in [0.25, 0.3) is 17.3 Å². The van der Waals surface area contributed by atoms with Gasteiger partial charge in [0.1, 0.15) is 5.69 Å². The molecule has 1 N–H and O–H groups in total. The second-order valence-electron chi connectivity index (χ2n) is 6.73. The molecule has 0 saturated carbocycles. The summed E-state index contributed by atoms with van der Waals surface area (Å²) in [5.74, 6) is 0.372. The molecule has 4 aromatic rings. The molecule has 0 aliphatic rings. The van der Waals surface area contributed by atoms with Gasteiger partial charge in [-0.1, -0.05) is 12.1 Å². The molecule has 0 amide bonds. The molecule has 8 nitrogen and oxygen atoms in total. The number of halogens is 3. The van der Waals surface area contributed by atoms with E-state index in [-0.39, 0.29) is 17.3 Å². The van der Waals surface area contributed by atoms with Gasteiger partial charge in [0.05, 0.1) is 17.6 Å². The fourth-order valence-corrected chi connectivity index (χ4v) is 2.97. The number of nitrogens with zero attached hydrogens (tertiary/aromatic N) is 7. The van der Waals surface area contributed by atoms with Crippen LogP contribution in [0.5, 0.6) is 0 Å². The van der Waals surface area contributed by atoms with Crippen molar-refractivity contribution < 1.29 is 13.2 Å². The van der Waals surface area contributed by atoms with Crippen LogP contribution < -0.4 is 5.43 Å². The van der Waals surface area contributed by atoms with Gasteiger partial charge >= 0.3 is 6.18 Å². The van der Waals surface area contributed by atoms with E-state index in [4.69, 9.17) is 0 Å². The molecule has 0 saturated heterocycles. The lowest BCUT2D eigenvalue weighted by Gasteiger charge is -2.09. The first-order valence-electron chi connectivity index (χ1n) is 9.47. The van der Waals surface area contributed by atoms with E-state index in [1.165, 1.54) is 18.5 Å². The Morgan fingerprint density at radius 1 is 1.00 bits per heavy atom. The minimum Gasteiger partial charge on any atom is -0.261 e. The number of alkyl halides is 3. The van der Waals surface area contributed by atoms with Crippen molar-refractivity contribution in [2.24, 2.45) is 5.10 Å². The van der Waals surface area contributed by atoms with Crippen LogP contribution in [-0.2, 0) is 6.18 Å². The quantitative estimate of drug-likeness (QED) is 0.371. The van der Waals surface area contributed by atoms with Gasteiger partial charge in [0.2, 0.25) is 0 Å². The molecule has 0 aliphatic heterocycles. The van der Waals surface area contributed by atoms with Gasteiger partial charge in [0.15, 0.2) is 23.2 Å². The fourth-order valence-electron chi connectivity index (χ4n) is 2.97. The van der Waals surface area contributed by atoms with Gasteiger partial charge in [-0.15, -0.1) is 0 Å². The average molecular weight is 438 g/mol. The summed E-state index contributed by atoms with van der Waals surface area (Å²) in [5.41, 5.74) is 3.85. The highest BCUT2D eigenvalue weighted by molar-refractivity contribution is 5.83. The second-order valence-corrected chi connectivity index (χ2v) is 6.73. The molecule has 11 heteroatoms. The van der Waals surface area contributed by atoms with Crippen LogP contribution in [0.3, 0.4) is 0 Å². The number of hydrogen-bond donors (Lipinski definition) is 1. The molecule has 4 heterocycles. The SMILES string of the molecule is Cc1nn(-c2ccccn2)c(C)c1/C=N/Nc1cc(C(F)(F)F)nc(-c2ccccn2)n1. The zero-order valence-corrected chi connectivity index (χ0v) is 17.0. The summed E-state index contributed by atoms with van der Waals surface area (Å²) in [5, 5.41) is 8.53. The standard InChI is InChI=1S/C21H17F3N8/c1-13-15(14(2)32(31-13)19-8-4-6-10-26-19)12-27-30-18-11-17(21(22,23)24)28-20(29-18)16-7-3-5-9-25-16/h3-12H,1-2H3,(H,28,29,30)/b27-12+. The molecule has 0 radical (unpaired) electrons. The Morgan fingerprint density at radius 2 is 1.75 bits per heavy atom. The monoisotopic (exact) mass is 438 g/mol. The van der Waals surface area contributed by atoms with Crippen LogP contribution in [0.4, 0.5) is 19.0 Å². The van der Waals surface area contributed by atoms with E-state index in [0.29, 0.717) is 17.1 Å². The van der Waals surface area contributed by atoms with Crippen molar-refractivity contribution >= 4 is 12.0 Å². The van der Waals surface area contributed by atoms with E-state index in [2.05, 4.69) is 35.6 Å². The highest BCUT2D eigenvalue weighted by Crippen LogP contribution is 2.30. The topological polar surface area (TPSA) is 93.8 Å². The zero-order valence-electron chi connectivity index (χ0n) is 17.0. The van der Waals surface area contributed by atoms with Crippen LogP contribution in [0.2, 0.25) is 0 Å². The summed E-state index contributed by atoms with van der Waals surface area (Å²) in [6.07, 6.45) is -0.0564. The lowest BCUT2D eigenvalue weighted by Crippen LogP contribution is -2.11. The zero-order chi connectivity index (χ0) is 22.7. The molecule has 0 aliphatic carbocycles. The summed E-state index contributed by atoms with van der Waals surface area (Å²) in [4.78, 5) is 16.0. The highest BCUT2D eigenvalue weighted by atomic mass is 19.4. The molecule has 4 rings (SSSR count). The molecule has 32 heavy (non-hydrogen) atoms. The largest absolute Gasteiger partial charge is 0.433 e. The van der Waals surface area contributed by atoms with Gasteiger partial charge in [-0.2, -0.15) is 23.4 Å². The molecule has 0 aromatic carbocycles. The maximum atomic E-state index is 13.3. The molecular weight excluding hydrogens is 421 g/mol. The predicted octanol–water partition coefficient (Wildman–Crippen LogP) is 4.20. The average Bonchev–Trinajstić information content (AvgIpc) is 3.08. The van der Waals surface area contributed by atoms with Gasteiger partial charge in [0.25, 0.3) is 0 Å². The van der Waals surface area contributed by atoms with Crippen molar-refractivity contribution in [1.29, 1.82) is 0 Å². The molecule has 0 fully saturated rings. The van der Waals surface area contributed by atoms with Gasteiger partial charge in [-0.25, -0.2) is 19.6 Å². The number of anilines is 1. The van der Waals surface area contributed by atoms with Crippen LogP contribution in [-0.4, -0.2) is 35.9 Å². The van der Waals surface area contributed by atoms with Crippen molar-refractivity contribution in [3.63, 3.8) is 0 Å². The van der Waals surface area contributed by atoms with Crippen molar-refractivity contribution in [3.8, 4) is 17.3 Å². The normalized spacial score (nSPS) is 11.8. The van der Waals surface area contributed by atoms with E-state index < -0.39 is 11.9 Å². The van der Waals surface area contributed by atoms with Gasteiger partial charge < -0.3 is 0 Å². The minimum absolute atomic E-state index is 0.114. The molecule has 0 bridgehead atoms. The number of hydrogen-bond acceptors (Lipinski definition) is 7. The first kappa shape index (κ1) is 21.1. The molecule has 0 unspecified atom stereocenters. The lowest BCUT2D eigenvalue weighted by molar-refractivity contribution is -0.141. The summed E-state index contributed by atoms with van der Waals surface area (Å²) < 4.78 is 41.6. The Labute approximate surface area is 180 Å². The molecule has 4 aromatic heterocycles. The summed E-state index contributed by atoms with van der Waals surface area (Å²) in [6, 6.07) is 11.1. The Morgan fingerprint density at radius 3 is 2.41 bits per heavy atom. The van der Waals surface area contributed by atoms with Crippen molar-refractivity contribution in [3.05, 3.63) is 77.5 Å². The summed E-state index contributed by atoms with van der Waals surface area (Å²) >= 11 is 0. The number of aryl methyl sites for hydroxylation is 1. The highest BCUT2D eigenvalue weighted by Gasteiger charge is 2.34. The van der Waals surface area contributed by atoms with E-state index in [1.807, 2.05) is 19.1 Å². The van der Waals surface area contributed by atoms with Crippen molar-refractivity contribution in [2.45, 2.75) is 20.0 Å². The smallest absolute Gasteiger partial charge is 0.261 e. The Bertz CT molecular complexity index is 1250. The van der Waals surface area contributed by atoms with Crippen LogP contribution in [0.1, 0.15) is 22.6 Å². The fraction of sp³-hybridized carbons (Fsp3) is 0.143. The maximum absolute atomic E-state index is 13.3. The molecule has 162 valence electrons. The van der Waals surface area contributed by atoms with E-state index in [1.54, 1.807) is 36.0 Å². The third-order valence-electron chi connectivity index (χ3n) is 4.50. The Balaban J connectivity index is 1.63. The number of pyridine rings is 2. The molecular formula is C21H17F3N8. The van der Waals surface area contributed by atoms with Crippen molar-refractivity contribution in [2.75, 3.05) is 5.43 Å². The second kappa shape index (κ2) is 8.53. The first-order chi connectivity index (χ1) is 15.3. The number of hydrazone groups is 1. The van der Waals surface area contributed by atoms with Gasteiger partial charge in [-0.3, -0.25) is 10.4 Å². The minimum atomic E-state index is -4.65. The van der Waals surface area contributed by atoms with Crippen LogP contribution >= 0.6 is 0 Å². The van der Waals surface area contributed by atoms with Crippen LogP contribution in [0.15, 0.2) is 60.0 Å².